The second-order valence-corrected chi connectivity index (χ2v) is 5.20. The molecule has 1 fully saturated rings. The lowest BCUT2D eigenvalue weighted by Gasteiger charge is -2.19. The SMILES string of the molecule is c1ccc([C@H]2OCC[C@@H]2CNCc2ccccn2)cc1. The normalized spacial score (nSPS) is 22.0. The average molecular weight is 268 g/mol. The van der Waals surface area contributed by atoms with E-state index in [1.165, 1.54) is 5.56 Å². The third kappa shape index (κ3) is 3.24. The van der Waals surface area contributed by atoms with Crippen LogP contribution in [0.2, 0.25) is 0 Å². The van der Waals surface area contributed by atoms with Gasteiger partial charge in [0.1, 0.15) is 0 Å². The van der Waals surface area contributed by atoms with E-state index in [4.69, 9.17) is 4.74 Å². The molecule has 104 valence electrons. The van der Waals surface area contributed by atoms with Crippen molar-refractivity contribution in [1.29, 1.82) is 0 Å². The molecule has 0 spiro atoms. The van der Waals surface area contributed by atoms with Crippen LogP contribution in [0.25, 0.3) is 0 Å². The molecule has 2 heterocycles. The summed E-state index contributed by atoms with van der Waals surface area (Å²) in [6, 6.07) is 16.5. The molecule has 0 saturated carbocycles. The van der Waals surface area contributed by atoms with Crippen molar-refractivity contribution in [3.8, 4) is 0 Å². The van der Waals surface area contributed by atoms with E-state index in [1.54, 1.807) is 0 Å². The first-order valence-corrected chi connectivity index (χ1v) is 7.20. The standard InChI is InChI=1S/C17H20N2O/c1-2-6-14(7-3-1)17-15(9-11-20-17)12-18-13-16-8-4-5-10-19-16/h1-8,10,15,17-18H,9,11-13H2/t15-,17-/m1/s1. The highest BCUT2D eigenvalue weighted by Gasteiger charge is 2.28. The Morgan fingerprint density at radius 3 is 2.75 bits per heavy atom. The van der Waals surface area contributed by atoms with E-state index in [2.05, 4.69) is 34.6 Å². The predicted octanol–water partition coefficient (Wildman–Crippen LogP) is 2.95. The van der Waals surface area contributed by atoms with Crippen LogP contribution in [0.3, 0.4) is 0 Å². The van der Waals surface area contributed by atoms with Gasteiger partial charge in [-0.2, -0.15) is 0 Å². The summed E-state index contributed by atoms with van der Waals surface area (Å²) in [7, 11) is 0. The highest BCUT2D eigenvalue weighted by atomic mass is 16.5. The Kier molecular flexibility index (Phi) is 4.41. The van der Waals surface area contributed by atoms with Gasteiger partial charge in [0.25, 0.3) is 0 Å². The number of nitrogens with zero attached hydrogens (tertiary/aromatic N) is 1. The quantitative estimate of drug-likeness (QED) is 0.905. The number of pyridine rings is 1. The van der Waals surface area contributed by atoms with Crippen LogP contribution in [0.15, 0.2) is 54.7 Å². The van der Waals surface area contributed by atoms with Crippen LogP contribution in [-0.4, -0.2) is 18.1 Å². The first-order valence-electron chi connectivity index (χ1n) is 7.20. The molecule has 2 aromatic rings. The molecule has 0 bridgehead atoms. The van der Waals surface area contributed by atoms with Crippen LogP contribution < -0.4 is 5.32 Å². The van der Waals surface area contributed by atoms with Gasteiger partial charge in [-0.25, -0.2) is 0 Å². The topological polar surface area (TPSA) is 34.1 Å². The van der Waals surface area contributed by atoms with Gasteiger partial charge in [-0.05, 0) is 24.1 Å². The van der Waals surface area contributed by atoms with E-state index in [0.717, 1.165) is 31.8 Å². The number of ether oxygens (including phenoxy) is 1. The summed E-state index contributed by atoms with van der Waals surface area (Å²) in [5, 5.41) is 3.50. The number of rotatable bonds is 5. The minimum atomic E-state index is 0.229. The van der Waals surface area contributed by atoms with Gasteiger partial charge in [-0.1, -0.05) is 36.4 Å². The first kappa shape index (κ1) is 13.3. The lowest BCUT2D eigenvalue weighted by Crippen LogP contribution is -2.24. The molecule has 3 rings (SSSR count). The van der Waals surface area contributed by atoms with Crippen molar-refractivity contribution in [2.75, 3.05) is 13.2 Å². The van der Waals surface area contributed by atoms with Crippen molar-refractivity contribution in [1.82, 2.24) is 10.3 Å². The maximum absolute atomic E-state index is 5.90. The van der Waals surface area contributed by atoms with Crippen molar-refractivity contribution < 1.29 is 4.74 Å². The van der Waals surface area contributed by atoms with Crippen molar-refractivity contribution >= 4 is 0 Å². The lowest BCUT2D eigenvalue weighted by atomic mass is 9.95. The van der Waals surface area contributed by atoms with E-state index in [-0.39, 0.29) is 6.10 Å². The molecule has 0 aliphatic carbocycles. The highest BCUT2D eigenvalue weighted by molar-refractivity contribution is 5.19. The summed E-state index contributed by atoms with van der Waals surface area (Å²) >= 11 is 0. The Morgan fingerprint density at radius 1 is 1.10 bits per heavy atom. The van der Waals surface area contributed by atoms with Crippen molar-refractivity contribution in [2.24, 2.45) is 5.92 Å². The summed E-state index contributed by atoms with van der Waals surface area (Å²) in [6.07, 6.45) is 3.18. The number of hydrogen-bond acceptors (Lipinski definition) is 3. The van der Waals surface area contributed by atoms with Gasteiger partial charge in [0.05, 0.1) is 11.8 Å². The lowest BCUT2D eigenvalue weighted by molar-refractivity contribution is 0.0904. The fourth-order valence-corrected chi connectivity index (χ4v) is 2.74. The van der Waals surface area contributed by atoms with E-state index < -0.39 is 0 Å². The van der Waals surface area contributed by atoms with Crippen molar-refractivity contribution in [3.05, 3.63) is 66.0 Å². The Labute approximate surface area is 120 Å². The first-order chi connectivity index (χ1) is 9.93. The predicted molar refractivity (Wildman–Crippen MR) is 79.2 cm³/mol. The van der Waals surface area contributed by atoms with Gasteiger partial charge in [-0.15, -0.1) is 0 Å². The van der Waals surface area contributed by atoms with Gasteiger partial charge >= 0.3 is 0 Å². The van der Waals surface area contributed by atoms with E-state index in [0.29, 0.717) is 5.92 Å². The molecule has 3 heteroatoms. The van der Waals surface area contributed by atoms with Crippen LogP contribution in [0.4, 0.5) is 0 Å². The molecule has 1 aromatic carbocycles. The summed E-state index contributed by atoms with van der Waals surface area (Å²) in [5.74, 6) is 0.543. The third-order valence-electron chi connectivity index (χ3n) is 3.78. The van der Waals surface area contributed by atoms with Crippen LogP contribution in [0.1, 0.15) is 23.8 Å². The largest absolute Gasteiger partial charge is 0.373 e. The molecule has 1 saturated heterocycles. The van der Waals surface area contributed by atoms with Crippen LogP contribution >= 0.6 is 0 Å². The molecule has 1 aliphatic heterocycles. The van der Waals surface area contributed by atoms with Gasteiger partial charge in [-0.3, -0.25) is 4.98 Å². The fourth-order valence-electron chi connectivity index (χ4n) is 2.74. The van der Waals surface area contributed by atoms with Gasteiger partial charge in [0.15, 0.2) is 0 Å². The number of hydrogen-bond donors (Lipinski definition) is 1. The molecule has 0 radical (unpaired) electrons. The molecule has 1 aliphatic rings. The Hall–Kier alpha value is -1.71. The van der Waals surface area contributed by atoms with Crippen molar-refractivity contribution in [3.63, 3.8) is 0 Å². The number of aromatic nitrogens is 1. The minimum absolute atomic E-state index is 0.229. The average Bonchev–Trinajstić information content (AvgIpc) is 2.98. The zero-order chi connectivity index (χ0) is 13.6. The van der Waals surface area contributed by atoms with Gasteiger partial charge < -0.3 is 10.1 Å². The smallest absolute Gasteiger partial charge is 0.0866 e. The molecule has 1 aromatic heterocycles. The summed E-state index contributed by atoms with van der Waals surface area (Å²) < 4.78 is 5.90. The Bertz CT molecular complexity index is 515. The zero-order valence-electron chi connectivity index (χ0n) is 11.5. The minimum Gasteiger partial charge on any atom is -0.373 e. The fraction of sp³-hybridized carbons (Fsp3) is 0.353. The van der Waals surface area contributed by atoms with E-state index >= 15 is 0 Å². The van der Waals surface area contributed by atoms with Gasteiger partial charge in [0.2, 0.25) is 0 Å². The second kappa shape index (κ2) is 6.64. The maximum Gasteiger partial charge on any atom is 0.0866 e. The van der Waals surface area contributed by atoms with E-state index in [9.17, 15) is 0 Å². The van der Waals surface area contributed by atoms with Gasteiger partial charge in [0, 0.05) is 31.8 Å². The Balaban J connectivity index is 1.54. The molecule has 0 amide bonds. The Morgan fingerprint density at radius 2 is 1.95 bits per heavy atom. The maximum atomic E-state index is 5.90. The zero-order valence-corrected chi connectivity index (χ0v) is 11.5. The molecule has 20 heavy (non-hydrogen) atoms. The van der Waals surface area contributed by atoms with Crippen molar-refractivity contribution in [2.45, 2.75) is 19.1 Å². The summed E-state index contributed by atoms with van der Waals surface area (Å²) in [6.45, 7) is 2.64. The molecular weight excluding hydrogens is 248 g/mol. The monoisotopic (exact) mass is 268 g/mol. The van der Waals surface area contributed by atoms with Crippen LogP contribution in [0, 0.1) is 5.92 Å². The molecule has 1 N–H and O–H groups in total. The van der Waals surface area contributed by atoms with Crippen LogP contribution in [0.5, 0.6) is 0 Å². The second-order valence-electron chi connectivity index (χ2n) is 5.20. The number of benzene rings is 1. The molecular formula is C17H20N2O. The summed E-state index contributed by atoms with van der Waals surface area (Å²) in [5.41, 5.74) is 2.37. The molecule has 3 nitrogen and oxygen atoms in total. The molecule has 0 unspecified atom stereocenters. The van der Waals surface area contributed by atoms with E-state index in [1.807, 2.05) is 30.5 Å². The number of nitrogens with one attached hydrogen (secondary N) is 1. The molecule has 2 atom stereocenters. The highest BCUT2D eigenvalue weighted by Crippen LogP contribution is 2.33. The third-order valence-corrected chi connectivity index (χ3v) is 3.78. The summed E-state index contributed by atoms with van der Waals surface area (Å²) in [4.78, 5) is 4.33. The van der Waals surface area contributed by atoms with Crippen LogP contribution in [-0.2, 0) is 11.3 Å².